The Kier molecular flexibility index (Phi) is 8.18. The summed E-state index contributed by atoms with van der Waals surface area (Å²) in [5, 5.41) is 26.4. The molecule has 0 aromatic heterocycles. The topological polar surface area (TPSA) is 111 Å². The number of hydrogen-bond donors (Lipinski definition) is 4. The van der Waals surface area contributed by atoms with Crippen molar-refractivity contribution in [3.05, 3.63) is 29.3 Å². The Morgan fingerprint density at radius 1 is 1.00 bits per heavy atom. The van der Waals surface area contributed by atoms with E-state index >= 15 is 0 Å². The largest absolute Gasteiger partial charge is 0.547 e. The number of carbonyl (C=O) groups excluding carboxylic acids is 1. The summed E-state index contributed by atoms with van der Waals surface area (Å²) in [6, 6.07) is 5.43. The van der Waals surface area contributed by atoms with E-state index in [4.69, 9.17) is 4.65 Å². The van der Waals surface area contributed by atoms with Gasteiger partial charge < -0.3 is 30.3 Å². The van der Waals surface area contributed by atoms with Crippen LogP contribution in [0.4, 0.5) is 0 Å². The van der Waals surface area contributed by atoms with Crippen LogP contribution < -0.4 is 15.3 Å². The molecule has 9 heteroatoms. The highest BCUT2D eigenvalue weighted by atomic mass is 16.5. The first-order valence-corrected chi connectivity index (χ1v) is 13.9. The van der Waals surface area contributed by atoms with Gasteiger partial charge in [-0.25, -0.2) is 4.79 Å². The summed E-state index contributed by atoms with van der Waals surface area (Å²) in [6.07, 6.45) is 10.7. The van der Waals surface area contributed by atoms with Crippen LogP contribution in [0.3, 0.4) is 0 Å². The average Bonchev–Trinajstić information content (AvgIpc) is 3.78. The first kappa shape index (κ1) is 25.6. The molecule has 1 heterocycles. The second-order valence-corrected chi connectivity index (χ2v) is 11.5. The van der Waals surface area contributed by atoms with Gasteiger partial charge in [0.1, 0.15) is 5.75 Å². The Balaban J connectivity index is 1.01. The first-order valence-electron chi connectivity index (χ1n) is 13.9. The van der Waals surface area contributed by atoms with Crippen molar-refractivity contribution in [3.63, 3.8) is 0 Å². The molecule has 3 fully saturated rings. The SMILES string of the molecule is O=C(CC1CCC(NCCN(CC2CC2)CC2CC2)CC1)NC1Cc2cccc(C(=O)O)c2OB1O. The van der Waals surface area contributed by atoms with Crippen molar-refractivity contribution in [1.29, 1.82) is 0 Å². The number of rotatable bonds is 12. The second kappa shape index (κ2) is 11.5. The van der Waals surface area contributed by atoms with E-state index in [1.54, 1.807) is 12.1 Å². The molecule has 196 valence electrons. The van der Waals surface area contributed by atoms with Gasteiger partial charge in [0.05, 0.1) is 11.5 Å². The molecular formula is C27H40BN3O5. The molecule has 1 atom stereocenters. The molecule has 5 rings (SSSR count). The lowest BCUT2D eigenvalue weighted by Crippen LogP contribution is -2.53. The molecule has 1 amide bonds. The number of carboxylic acid groups (broad SMARTS) is 1. The predicted octanol–water partition coefficient (Wildman–Crippen LogP) is 2.48. The van der Waals surface area contributed by atoms with Gasteiger partial charge in [-0.2, -0.15) is 0 Å². The Bertz CT molecular complexity index is 916. The number of benzene rings is 1. The van der Waals surface area contributed by atoms with Crippen LogP contribution >= 0.6 is 0 Å². The summed E-state index contributed by atoms with van der Waals surface area (Å²) >= 11 is 0. The van der Waals surface area contributed by atoms with Crippen molar-refractivity contribution in [2.24, 2.45) is 17.8 Å². The summed E-state index contributed by atoms with van der Waals surface area (Å²) in [4.78, 5) is 26.8. The monoisotopic (exact) mass is 497 g/mol. The van der Waals surface area contributed by atoms with Crippen LogP contribution in [0.15, 0.2) is 18.2 Å². The second-order valence-electron chi connectivity index (χ2n) is 11.5. The van der Waals surface area contributed by atoms with E-state index in [1.807, 2.05) is 0 Å². The van der Waals surface area contributed by atoms with Crippen LogP contribution in [0.5, 0.6) is 5.75 Å². The molecule has 1 aromatic carbocycles. The number of aromatic carboxylic acids is 1. The van der Waals surface area contributed by atoms with E-state index in [9.17, 15) is 19.7 Å². The van der Waals surface area contributed by atoms with Gasteiger partial charge in [-0.05, 0) is 87.2 Å². The minimum Gasteiger partial charge on any atom is -0.534 e. The highest BCUT2D eigenvalue weighted by molar-refractivity contribution is 6.47. The predicted molar refractivity (Wildman–Crippen MR) is 138 cm³/mol. The van der Waals surface area contributed by atoms with Gasteiger partial charge in [-0.3, -0.25) is 4.79 Å². The molecule has 8 nitrogen and oxygen atoms in total. The molecule has 1 unspecified atom stereocenters. The first-order chi connectivity index (χ1) is 17.4. The summed E-state index contributed by atoms with van der Waals surface area (Å²) in [6.45, 7) is 4.78. The van der Waals surface area contributed by atoms with Crippen molar-refractivity contribution in [3.8, 4) is 5.75 Å². The van der Waals surface area contributed by atoms with Crippen LogP contribution in [-0.2, 0) is 11.2 Å². The van der Waals surface area contributed by atoms with Crippen LogP contribution in [-0.4, -0.2) is 72.2 Å². The zero-order chi connectivity index (χ0) is 25.1. The van der Waals surface area contributed by atoms with Gasteiger partial charge in [0.25, 0.3) is 0 Å². The third kappa shape index (κ3) is 7.02. The van der Waals surface area contributed by atoms with Crippen LogP contribution in [0.25, 0.3) is 0 Å². The molecule has 3 saturated carbocycles. The molecule has 0 bridgehead atoms. The summed E-state index contributed by atoms with van der Waals surface area (Å²) in [5.41, 5.74) is 0.713. The molecule has 4 N–H and O–H groups in total. The maximum Gasteiger partial charge on any atom is 0.547 e. The number of carboxylic acids is 1. The highest BCUT2D eigenvalue weighted by Crippen LogP contribution is 2.34. The van der Waals surface area contributed by atoms with Gasteiger partial charge in [-0.1, -0.05) is 12.1 Å². The number of nitrogens with one attached hydrogen (secondary N) is 2. The van der Waals surface area contributed by atoms with E-state index in [2.05, 4.69) is 15.5 Å². The Morgan fingerprint density at radius 3 is 2.31 bits per heavy atom. The van der Waals surface area contributed by atoms with Crippen LogP contribution in [0.1, 0.15) is 73.7 Å². The molecule has 3 aliphatic carbocycles. The molecule has 1 aliphatic heterocycles. The lowest BCUT2D eigenvalue weighted by atomic mass is 9.72. The lowest BCUT2D eigenvalue weighted by molar-refractivity contribution is -0.122. The van der Waals surface area contributed by atoms with E-state index in [1.165, 1.54) is 44.8 Å². The maximum absolute atomic E-state index is 12.7. The smallest absolute Gasteiger partial charge is 0.534 e. The zero-order valence-electron chi connectivity index (χ0n) is 21.2. The highest BCUT2D eigenvalue weighted by Gasteiger charge is 2.38. The van der Waals surface area contributed by atoms with Crippen molar-refractivity contribution in [2.45, 2.75) is 76.2 Å². The van der Waals surface area contributed by atoms with E-state index in [-0.39, 0.29) is 17.2 Å². The standard InChI is InChI=1S/C27H40BN3O5/c32-25(30-24-15-21-2-1-3-23(27(33)34)26(21)36-28(24)35)14-18-8-10-22(11-9-18)29-12-13-31(16-19-4-5-19)17-20-6-7-20/h1-3,18-20,22,24,29,35H,4-17H2,(H,30,32)(H,33,34). The number of hydrogen-bond acceptors (Lipinski definition) is 6. The average molecular weight is 497 g/mol. The fourth-order valence-electron chi connectivity index (χ4n) is 5.83. The minimum absolute atomic E-state index is 0.0280. The van der Waals surface area contributed by atoms with Crippen molar-refractivity contribution < 1.29 is 24.4 Å². The third-order valence-electron chi connectivity index (χ3n) is 8.30. The minimum atomic E-state index is -1.26. The van der Waals surface area contributed by atoms with Gasteiger partial charge >= 0.3 is 13.1 Å². The van der Waals surface area contributed by atoms with E-state index in [0.29, 0.717) is 30.4 Å². The summed E-state index contributed by atoms with van der Waals surface area (Å²) in [5.74, 6) is 0.690. The number of fused-ring (bicyclic) bond motifs is 1. The quantitative estimate of drug-likeness (QED) is 0.329. The molecule has 36 heavy (non-hydrogen) atoms. The van der Waals surface area contributed by atoms with Crippen molar-refractivity contribution in [1.82, 2.24) is 15.5 Å². The number of amides is 1. The molecule has 0 radical (unpaired) electrons. The summed E-state index contributed by atoms with van der Waals surface area (Å²) < 4.78 is 5.49. The fraction of sp³-hybridized carbons (Fsp3) is 0.704. The number of nitrogens with zero attached hydrogens (tertiary/aromatic N) is 1. The molecule has 1 aromatic rings. The van der Waals surface area contributed by atoms with Crippen LogP contribution in [0.2, 0.25) is 0 Å². The molecule has 0 spiro atoms. The Morgan fingerprint density at radius 2 is 1.67 bits per heavy atom. The van der Waals surface area contributed by atoms with Crippen molar-refractivity contribution >= 4 is 19.0 Å². The molecular weight excluding hydrogens is 457 g/mol. The zero-order valence-corrected chi connectivity index (χ0v) is 21.2. The number of para-hydroxylation sites is 1. The Labute approximate surface area is 214 Å². The van der Waals surface area contributed by atoms with Crippen LogP contribution in [0, 0.1) is 17.8 Å². The number of carbonyl (C=O) groups is 2. The van der Waals surface area contributed by atoms with E-state index < -0.39 is 19.0 Å². The van der Waals surface area contributed by atoms with Gasteiger partial charge in [0, 0.05) is 38.6 Å². The lowest BCUT2D eigenvalue weighted by Gasteiger charge is -2.31. The third-order valence-corrected chi connectivity index (χ3v) is 8.30. The maximum atomic E-state index is 12.7. The van der Waals surface area contributed by atoms with Crippen molar-refractivity contribution in [2.75, 3.05) is 26.2 Å². The normalized spacial score (nSPS) is 25.8. The molecule has 0 saturated heterocycles. The summed E-state index contributed by atoms with van der Waals surface area (Å²) in [7, 11) is -1.26. The van der Waals surface area contributed by atoms with E-state index in [0.717, 1.165) is 50.6 Å². The Hall–Kier alpha value is -2.10. The van der Waals surface area contributed by atoms with Gasteiger partial charge in [-0.15, -0.1) is 0 Å². The van der Waals surface area contributed by atoms with Gasteiger partial charge in [0.15, 0.2) is 0 Å². The fourth-order valence-corrected chi connectivity index (χ4v) is 5.83. The molecule has 4 aliphatic rings. The van der Waals surface area contributed by atoms with Gasteiger partial charge in [0.2, 0.25) is 5.91 Å².